The molecular weight excluding hydrogens is 460 g/mol. The van der Waals surface area contributed by atoms with Crippen molar-refractivity contribution in [2.75, 3.05) is 18.9 Å². The van der Waals surface area contributed by atoms with Crippen LogP contribution in [0.15, 0.2) is 54.7 Å². The Balaban J connectivity index is 1.23. The minimum Gasteiger partial charge on any atom is -0.324 e. The summed E-state index contributed by atoms with van der Waals surface area (Å²) in [7, 11) is 2.10. The van der Waals surface area contributed by atoms with Gasteiger partial charge in [-0.25, -0.2) is 9.97 Å². The highest BCUT2D eigenvalue weighted by Gasteiger charge is 2.21. The summed E-state index contributed by atoms with van der Waals surface area (Å²) in [5, 5.41) is 5.50. The van der Waals surface area contributed by atoms with Crippen LogP contribution in [0.1, 0.15) is 36.4 Å². The number of rotatable bonds is 5. The lowest BCUT2D eigenvalue weighted by Gasteiger charge is -2.20. The average molecular weight is 483 g/mol. The zero-order chi connectivity index (χ0) is 23.9. The van der Waals surface area contributed by atoms with Crippen molar-refractivity contribution in [3.8, 4) is 0 Å². The van der Waals surface area contributed by atoms with E-state index in [1.54, 1.807) is 29.7 Å². The number of hydrogen-bond acceptors (Lipinski definition) is 7. The van der Waals surface area contributed by atoms with E-state index in [1.165, 1.54) is 4.88 Å². The number of aromatic amines is 1. The summed E-state index contributed by atoms with van der Waals surface area (Å²) in [4.78, 5) is 46.1. The van der Waals surface area contributed by atoms with Crippen LogP contribution < -0.4 is 5.32 Å². The van der Waals surface area contributed by atoms with Crippen LogP contribution in [0.2, 0.25) is 0 Å². The fourth-order valence-corrected chi connectivity index (χ4v) is 5.57. The number of ketones is 1. The van der Waals surface area contributed by atoms with Gasteiger partial charge in [-0.1, -0.05) is 30.3 Å². The van der Waals surface area contributed by atoms with Crippen molar-refractivity contribution in [2.45, 2.75) is 19.4 Å². The molecule has 0 unspecified atom stereocenters. The molecule has 0 spiro atoms. The Labute approximate surface area is 205 Å². The number of carbonyl (C=O) groups excluding carboxylic acids is 2. The predicted octanol–water partition coefficient (Wildman–Crippen LogP) is 4.23. The lowest BCUT2D eigenvalue weighted by molar-refractivity contribution is 0.0992. The molecule has 35 heavy (non-hydrogen) atoms. The number of nitrogens with one attached hydrogen (secondary N) is 2. The Morgan fingerprint density at radius 3 is 2.86 bits per heavy atom. The number of imidazole rings is 1. The highest BCUT2D eigenvalue weighted by Crippen LogP contribution is 2.27. The molecule has 0 bridgehead atoms. The molecule has 3 aromatic heterocycles. The molecule has 0 saturated heterocycles. The molecular formula is C26H22N6O2S. The van der Waals surface area contributed by atoms with Gasteiger partial charge in [0.15, 0.2) is 5.78 Å². The highest BCUT2D eigenvalue weighted by molar-refractivity contribution is 7.11. The summed E-state index contributed by atoms with van der Waals surface area (Å²) in [5.41, 5.74) is 3.12. The molecule has 8 nitrogen and oxygen atoms in total. The number of thiazole rings is 1. The Kier molecular flexibility index (Phi) is 5.35. The number of anilines is 1. The van der Waals surface area contributed by atoms with E-state index in [9.17, 15) is 9.59 Å². The maximum Gasteiger partial charge on any atom is 0.276 e. The maximum atomic E-state index is 13.2. The number of H-pyrrole nitrogens is 1. The standard InChI is InChI=1S/C26H22N6O2S/c1-32-10-9-18-22(14-32)35-23(28-18)12-21(33)17-7-4-8-19-24(17)30-26(29-19)31-25(34)20-11-15-5-2-3-6-16(15)13-27-20/h2-8,11,13H,9-10,12,14H2,1H3,(H2,29,30,31,34). The van der Waals surface area contributed by atoms with Gasteiger partial charge in [-0.2, -0.15) is 0 Å². The van der Waals surface area contributed by atoms with Gasteiger partial charge in [0.1, 0.15) is 16.2 Å². The van der Waals surface area contributed by atoms with E-state index < -0.39 is 0 Å². The van der Waals surface area contributed by atoms with Crippen LogP contribution in [0.3, 0.4) is 0 Å². The number of amides is 1. The van der Waals surface area contributed by atoms with Crippen molar-refractivity contribution in [2.24, 2.45) is 0 Å². The number of nitrogens with zero attached hydrogens (tertiary/aromatic N) is 4. The van der Waals surface area contributed by atoms with E-state index in [0.29, 0.717) is 22.3 Å². The van der Waals surface area contributed by atoms with Crippen LogP contribution in [0.5, 0.6) is 0 Å². The van der Waals surface area contributed by atoms with Crippen LogP contribution in [-0.4, -0.2) is 50.1 Å². The van der Waals surface area contributed by atoms with Crippen LogP contribution in [-0.2, 0) is 19.4 Å². The Bertz CT molecular complexity index is 1600. The zero-order valence-corrected chi connectivity index (χ0v) is 19.9. The van der Waals surface area contributed by atoms with E-state index in [2.05, 4.69) is 32.2 Å². The molecule has 4 heterocycles. The van der Waals surface area contributed by atoms with E-state index in [1.807, 2.05) is 36.4 Å². The molecule has 0 fully saturated rings. The third-order valence-electron chi connectivity index (χ3n) is 6.19. The number of likely N-dealkylation sites (N-methyl/N-ethyl adjacent to an activating group) is 1. The first-order valence-electron chi connectivity index (χ1n) is 11.4. The SMILES string of the molecule is CN1CCc2nc(CC(=O)c3cccc4[nH]c(NC(=O)c5cc6ccccc6cn5)nc34)sc2C1. The van der Waals surface area contributed by atoms with Crippen molar-refractivity contribution in [1.29, 1.82) is 0 Å². The lowest BCUT2D eigenvalue weighted by atomic mass is 10.1. The molecule has 9 heteroatoms. The molecule has 6 rings (SSSR count). The molecule has 1 aliphatic heterocycles. The number of benzene rings is 2. The molecule has 0 aliphatic carbocycles. The van der Waals surface area contributed by atoms with Crippen molar-refractivity contribution < 1.29 is 9.59 Å². The van der Waals surface area contributed by atoms with Gasteiger partial charge in [0.2, 0.25) is 5.95 Å². The number of Topliss-reactive ketones (excluding diaryl/α,β-unsaturated/α-hetero) is 1. The number of pyridine rings is 1. The predicted molar refractivity (Wildman–Crippen MR) is 136 cm³/mol. The zero-order valence-electron chi connectivity index (χ0n) is 19.0. The van der Waals surface area contributed by atoms with E-state index in [4.69, 9.17) is 4.98 Å². The maximum absolute atomic E-state index is 13.2. The minimum absolute atomic E-state index is 0.0457. The fourth-order valence-electron chi connectivity index (χ4n) is 4.38. The van der Waals surface area contributed by atoms with E-state index in [-0.39, 0.29) is 24.1 Å². The van der Waals surface area contributed by atoms with Crippen molar-refractivity contribution in [1.82, 2.24) is 24.8 Å². The number of fused-ring (bicyclic) bond motifs is 3. The number of para-hydroxylation sites is 1. The highest BCUT2D eigenvalue weighted by atomic mass is 32.1. The molecule has 2 N–H and O–H groups in total. The molecule has 1 aliphatic rings. The van der Waals surface area contributed by atoms with Crippen molar-refractivity contribution in [3.63, 3.8) is 0 Å². The van der Waals surface area contributed by atoms with Crippen LogP contribution in [0.4, 0.5) is 5.95 Å². The topological polar surface area (TPSA) is 104 Å². The lowest BCUT2D eigenvalue weighted by Crippen LogP contribution is -2.25. The van der Waals surface area contributed by atoms with Gasteiger partial charge in [-0.15, -0.1) is 11.3 Å². The monoisotopic (exact) mass is 482 g/mol. The second-order valence-corrected chi connectivity index (χ2v) is 9.89. The van der Waals surface area contributed by atoms with Gasteiger partial charge < -0.3 is 9.88 Å². The van der Waals surface area contributed by atoms with Gasteiger partial charge in [-0.05, 0) is 30.6 Å². The first-order chi connectivity index (χ1) is 17.0. The third-order valence-corrected chi connectivity index (χ3v) is 7.27. The summed E-state index contributed by atoms with van der Waals surface area (Å²) in [6.45, 7) is 1.87. The summed E-state index contributed by atoms with van der Waals surface area (Å²) >= 11 is 1.61. The Morgan fingerprint density at radius 1 is 1.11 bits per heavy atom. The normalized spacial score (nSPS) is 13.7. The van der Waals surface area contributed by atoms with Crippen LogP contribution in [0, 0.1) is 0 Å². The van der Waals surface area contributed by atoms with Gasteiger partial charge in [0.05, 0.1) is 17.6 Å². The molecule has 174 valence electrons. The minimum atomic E-state index is -0.374. The molecule has 2 aromatic carbocycles. The van der Waals surface area contributed by atoms with E-state index >= 15 is 0 Å². The molecule has 0 atom stereocenters. The summed E-state index contributed by atoms with van der Waals surface area (Å²) in [6.07, 6.45) is 2.82. The number of aromatic nitrogens is 4. The van der Waals surface area contributed by atoms with Gasteiger partial charge in [0.25, 0.3) is 5.91 Å². The molecule has 1 amide bonds. The summed E-state index contributed by atoms with van der Waals surface area (Å²) in [5.74, 6) is -0.149. The number of hydrogen-bond donors (Lipinski definition) is 2. The fraction of sp³-hybridized carbons (Fsp3) is 0.192. The summed E-state index contributed by atoms with van der Waals surface area (Å²) in [6, 6.07) is 14.9. The van der Waals surface area contributed by atoms with Crippen molar-refractivity contribution in [3.05, 3.63) is 81.6 Å². The first-order valence-corrected chi connectivity index (χ1v) is 12.2. The molecule has 0 radical (unpaired) electrons. The second kappa shape index (κ2) is 8.68. The van der Waals surface area contributed by atoms with Crippen molar-refractivity contribution >= 4 is 50.8 Å². The average Bonchev–Trinajstić information content (AvgIpc) is 3.45. The molecule has 5 aromatic rings. The number of carbonyl (C=O) groups is 2. The van der Waals surface area contributed by atoms with Gasteiger partial charge in [0, 0.05) is 41.5 Å². The van der Waals surface area contributed by atoms with Crippen LogP contribution >= 0.6 is 11.3 Å². The smallest absolute Gasteiger partial charge is 0.276 e. The van der Waals surface area contributed by atoms with Gasteiger partial charge >= 0.3 is 0 Å². The third kappa shape index (κ3) is 4.20. The largest absolute Gasteiger partial charge is 0.324 e. The molecule has 0 saturated carbocycles. The van der Waals surface area contributed by atoms with Gasteiger partial charge in [-0.3, -0.25) is 19.9 Å². The quantitative estimate of drug-likeness (QED) is 0.363. The summed E-state index contributed by atoms with van der Waals surface area (Å²) < 4.78 is 0. The van der Waals surface area contributed by atoms with E-state index in [0.717, 1.165) is 41.0 Å². The van der Waals surface area contributed by atoms with Crippen LogP contribution in [0.25, 0.3) is 21.8 Å². The second-order valence-electron chi connectivity index (χ2n) is 8.72. The Hall–Kier alpha value is -3.95. The Morgan fingerprint density at radius 2 is 1.97 bits per heavy atom. The first kappa shape index (κ1) is 21.6.